The number of amides is 1. The molecule has 3 rings (SSSR count). The van der Waals surface area contributed by atoms with Crippen LogP contribution in [0.3, 0.4) is 0 Å². The fraction of sp³-hybridized carbons (Fsp3) is 0.476. The van der Waals surface area contributed by atoms with E-state index in [0.29, 0.717) is 37.4 Å². The van der Waals surface area contributed by atoms with Gasteiger partial charge in [-0.1, -0.05) is 13.8 Å². The molecule has 0 atom stereocenters. The fourth-order valence-corrected chi connectivity index (χ4v) is 6.35. The highest BCUT2D eigenvalue weighted by Crippen LogP contribution is 2.33. The van der Waals surface area contributed by atoms with E-state index in [9.17, 15) is 23.3 Å². The second kappa shape index (κ2) is 9.55. The average Bonchev–Trinajstić information content (AvgIpc) is 3.11. The summed E-state index contributed by atoms with van der Waals surface area (Å²) in [6.45, 7) is 9.64. The lowest BCUT2D eigenvalue weighted by molar-refractivity contribution is -0.384. The van der Waals surface area contributed by atoms with Crippen LogP contribution in [0.25, 0.3) is 0 Å². The van der Waals surface area contributed by atoms with Crippen LogP contribution < -0.4 is 4.90 Å². The predicted octanol–water partition coefficient (Wildman–Crippen LogP) is 3.27. The Morgan fingerprint density at radius 2 is 1.75 bits per heavy atom. The van der Waals surface area contributed by atoms with Gasteiger partial charge in [-0.3, -0.25) is 14.9 Å². The number of carbonyl (C=O) groups excluding carboxylic acids is 1. The molecule has 2 heterocycles. The molecule has 9 nitrogen and oxygen atoms in total. The molecule has 32 heavy (non-hydrogen) atoms. The number of hydrogen-bond acceptors (Lipinski definition) is 7. The van der Waals surface area contributed by atoms with E-state index in [0.717, 1.165) is 15.8 Å². The molecule has 1 aromatic heterocycles. The molecule has 0 N–H and O–H groups in total. The minimum atomic E-state index is -3.80. The number of anilines is 1. The van der Waals surface area contributed by atoms with Gasteiger partial charge in [-0.25, -0.2) is 8.42 Å². The molecule has 1 saturated heterocycles. The van der Waals surface area contributed by atoms with Gasteiger partial charge < -0.3 is 9.80 Å². The Morgan fingerprint density at radius 1 is 1.12 bits per heavy atom. The van der Waals surface area contributed by atoms with Crippen molar-refractivity contribution in [3.8, 4) is 0 Å². The Bertz CT molecular complexity index is 1120. The zero-order valence-electron chi connectivity index (χ0n) is 18.7. The average molecular weight is 481 g/mol. The van der Waals surface area contributed by atoms with E-state index < -0.39 is 14.9 Å². The monoisotopic (exact) mass is 480 g/mol. The predicted molar refractivity (Wildman–Crippen MR) is 125 cm³/mol. The topological polar surface area (TPSA) is 104 Å². The summed E-state index contributed by atoms with van der Waals surface area (Å²) in [4.78, 5) is 29.6. The lowest BCUT2D eigenvalue weighted by Gasteiger charge is -2.36. The number of nitro groups is 1. The van der Waals surface area contributed by atoms with Crippen molar-refractivity contribution in [1.82, 2.24) is 9.21 Å². The summed E-state index contributed by atoms with van der Waals surface area (Å²) in [5.74, 6) is -0.0262. The summed E-state index contributed by atoms with van der Waals surface area (Å²) in [6, 6.07) is 5.95. The highest BCUT2D eigenvalue weighted by atomic mass is 32.2. The van der Waals surface area contributed by atoms with Gasteiger partial charge in [0.05, 0.1) is 15.4 Å². The maximum atomic E-state index is 12.9. The van der Waals surface area contributed by atoms with Crippen LogP contribution in [-0.2, 0) is 10.0 Å². The van der Waals surface area contributed by atoms with Crippen LogP contribution in [0.4, 0.5) is 11.4 Å². The Balaban J connectivity index is 1.81. The summed E-state index contributed by atoms with van der Waals surface area (Å²) in [5.41, 5.74) is 0.823. The number of hydrogen-bond donors (Lipinski definition) is 0. The first kappa shape index (κ1) is 24.1. The van der Waals surface area contributed by atoms with Crippen LogP contribution >= 0.6 is 11.3 Å². The number of aryl methyl sites for hydroxylation is 2. The first-order chi connectivity index (χ1) is 15.1. The fourth-order valence-electron chi connectivity index (χ4n) is 3.95. The smallest absolute Gasteiger partial charge is 0.293 e. The molecular weight excluding hydrogens is 452 g/mol. The minimum Gasteiger partial charge on any atom is -0.362 e. The molecule has 0 unspecified atom stereocenters. The van der Waals surface area contributed by atoms with Crippen LogP contribution in [0.5, 0.6) is 0 Å². The minimum absolute atomic E-state index is 0.0262. The van der Waals surface area contributed by atoms with Crippen molar-refractivity contribution < 1.29 is 18.1 Å². The van der Waals surface area contributed by atoms with E-state index in [-0.39, 0.29) is 29.6 Å². The van der Waals surface area contributed by atoms with E-state index in [1.54, 1.807) is 30.1 Å². The SMILES string of the molecule is CCN(CC)S(=O)(=O)c1ccc(N2CCN(C(=O)c3cc(C)sc3C)CC2)c([N+](=O)[O-])c1. The van der Waals surface area contributed by atoms with Gasteiger partial charge in [0.15, 0.2) is 0 Å². The molecule has 0 saturated carbocycles. The Morgan fingerprint density at radius 3 is 2.25 bits per heavy atom. The van der Waals surface area contributed by atoms with Gasteiger partial charge in [0.1, 0.15) is 5.69 Å². The quantitative estimate of drug-likeness (QED) is 0.445. The largest absolute Gasteiger partial charge is 0.362 e. The van der Waals surface area contributed by atoms with Crippen LogP contribution in [0, 0.1) is 24.0 Å². The lowest BCUT2D eigenvalue weighted by Crippen LogP contribution is -2.49. The molecule has 1 aliphatic rings. The number of carbonyl (C=O) groups is 1. The van der Waals surface area contributed by atoms with Gasteiger partial charge in [0.2, 0.25) is 10.0 Å². The highest BCUT2D eigenvalue weighted by Gasteiger charge is 2.30. The van der Waals surface area contributed by atoms with Crippen molar-refractivity contribution in [2.45, 2.75) is 32.6 Å². The molecule has 0 spiro atoms. The number of rotatable bonds is 7. The Hall–Kier alpha value is -2.50. The van der Waals surface area contributed by atoms with E-state index in [1.165, 1.54) is 16.4 Å². The van der Waals surface area contributed by atoms with Crippen LogP contribution in [-0.4, -0.2) is 67.7 Å². The number of benzene rings is 1. The summed E-state index contributed by atoms with van der Waals surface area (Å²) in [7, 11) is -3.80. The van der Waals surface area contributed by atoms with E-state index in [2.05, 4.69) is 0 Å². The van der Waals surface area contributed by atoms with Gasteiger partial charge in [-0.2, -0.15) is 4.31 Å². The van der Waals surface area contributed by atoms with Gasteiger partial charge >= 0.3 is 0 Å². The number of thiophene rings is 1. The zero-order chi connectivity index (χ0) is 23.6. The van der Waals surface area contributed by atoms with Crippen molar-refractivity contribution in [1.29, 1.82) is 0 Å². The molecule has 174 valence electrons. The molecular formula is C21H28N4O5S2. The lowest BCUT2D eigenvalue weighted by atomic mass is 10.1. The van der Waals surface area contributed by atoms with Gasteiger partial charge in [-0.15, -0.1) is 11.3 Å². The molecule has 11 heteroatoms. The number of nitrogens with zero attached hydrogens (tertiary/aromatic N) is 4. The summed E-state index contributed by atoms with van der Waals surface area (Å²) in [5, 5.41) is 11.8. The maximum Gasteiger partial charge on any atom is 0.293 e. The maximum absolute atomic E-state index is 12.9. The van der Waals surface area contributed by atoms with Crippen molar-refractivity contribution in [2.75, 3.05) is 44.2 Å². The molecule has 0 radical (unpaired) electrons. The normalized spacial score (nSPS) is 14.8. The molecule has 0 bridgehead atoms. The summed E-state index contributed by atoms with van der Waals surface area (Å²) in [6.07, 6.45) is 0. The van der Waals surface area contributed by atoms with Gasteiger partial charge in [-0.05, 0) is 32.0 Å². The Kier molecular flexibility index (Phi) is 7.21. The van der Waals surface area contributed by atoms with E-state index in [1.807, 2.05) is 24.8 Å². The van der Waals surface area contributed by atoms with Gasteiger partial charge in [0.25, 0.3) is 11.6 Å². The molecule has 1 aromatic carbocycles. The van der Waals surface area contributed by atoms with Crippen molar-refractivity contribution in [3.05, 3.63) is 49.7 Å². The highest BCUT2D eigenvalue weighted by molar-refractivity contribution is 7.89. The molecule has 1 amide bonds. The van der Waals surface area contributed by atoms with Crippen molar-refractivity contribution in [3.63, 3.8) is 0 Å². The van der Waals surface area contributed by atoms with E-state index >= 15 is 0 Å². The van der Waals surface area contributed by atoms with Crippen LogP contribution in [0.15, 0.2) is 29.2 Å². The van der Waals surface area contributed by atoms with E-state index in [4.69, 9.17) is 0 Å². The first-order valence-corrected chi connectivity index (χ1v) is 12.8. The number of piperazine rings is 1. The summed E-state index contributed by atoms with van der Waals surface area (Å²) >= 11 is 1.59. The number of nitro benzene ring substituents is 1. The van der Waals surface area contributed by atoms with Crippen LogP contribution in [0.2, 0.25) is 0 Å². The van der Waals surface area contributed by atoms with Crippen LogP contribution in [0.1, 0.15) is 34.0 Å². The molecule has 1 fully saturated rings. The van der Waals surface area contributed by atoms with Gasteiger partial charge in [0, 0.05) is 55.1 Å². The van der Waals surface area contributed by atoms with Crippen molar-refractivity contribution in [2.24, 2.45) is 0 Å². The second-order valence-corrected chi connectivity index (χ2v) is 11.0. The zero-order valence-corrected chi connectivity index (χ0v) is 20.3. The summed E-state index contributed by atoms with van der Waals surface area (Å²) < 4.78 is 26.8. The Labute approximate surface area is 192 Å². The standard InChI is InChI=1S/C21H28N4O5S2/c1-5-24(6-2)32(29,30)17-7-8-19(20(14-17)25(27)28)22-9-11-23(12-10-22)21(26)18-13-15(3)31-16(18)4/h7-8,13-14H,5-6,9-12H2,1-4H3. The molecule has 0 aliphatic carbocycles. The first-order valence-electron chi connectivity index (χ1n) is 10.5. The second-order valence-electron chi connectivity index (χ2n) is 7.60. The third-order valence-electron chi connectivity index (χ3n) is 5.67. The molecule has 1 aliphatic heterocycles. The van der Waals surface area contributed by atoms with Crippen molar-refractivity contribution >= 4 is 38.6 Å². The molecule has 2 aromatic rings. The number of sulfonamides is 1. The third kappa shape index (κ3) is 4.64. The third-order valence-corrected chi connectivity index (χ3v) is 8.68.